The highest BCUT2D eigenvalue weighted by molar-refractivity contribution is 8.00. The van der Waals surface area contributed by atoms with E-state index in [0.29, 0.717) is 18.8 Å². The number of rotatable bonds is 4. The smallest absolute Gasteiger partial charge is 0.233 e. The number of benzene rings is 2. The molecule has 6 heteroatoms. The molecule has 0 unspecified atom stereocenters. The molecule has 1 saturated heterocycles. The van der Waals surface area contributed by atoms with E-state index in [1.807, 2.05) is 35.2 Å². The summed E-state index contributed by atoms with van der Waals surface area (Å²) in [5, 5.41) is 9.27. The Morgan fingerprint density at radius 3 is 2.46 bits per heavy atom. The van der Waals surface area contributed by atoms with Crippen molar-refractivity contribution < 1.29 is 9.90 Å². The number of thioether (sulfide) groups is 1. The Morgan fingerprint density at radius 1 is 1.12 bits per heavy atom. The number of carbonyl (C=O) groups excluding carboxylic acids is 1. The van der Waals surface area contributed by atoms with E-state index in [-0.39, 0.29) is 36.0 Å². The Bertz CT molecular complexity index is 666. The van der Waals surface area contributed by atoms with Crippen LogP contribution in [0, 0.1) is 0 Å². The zero-order valence-electron chi connectivity index (χ0n) is 13.2. The fraction of sp³-hybridized carbons (Fsp3) is 0.278. The molecule has 0 radical (unpaired) electrons. The van der Waals surface area contributed by atoms with E-state index in [1.165, 1.54) is 17.3 Å². The lowest BCUT2D eigenvalue weighted by atomic mass is 9.95. The molecular weight excluding hydrogens is 344 g/mol. The predicted molar refractivity (Wildman–Crippen MR) is 99.8 cm³/mol. The number of halogens is 1. The van der Waals surface area contributed by atoms with E-state index in [0.717, 1.165) is 4.90 Å². The van der Waals surface area contributed by atoms with Gasteiger partial charge in [-0.15, -0.1) is 24.2 Å². The minimum Gasteiger partial charge on any atom is -0.508 e. The third kappa shape index (κ3) is 4.44. The number of nitrogens with zero attached hydrogens (tertiary/aromatic N) is 1. The number of likely N-dealkylation sites (tertiary alicyclic amines) is 1. The third-order valence-corrected chi connectivity index (χ3v) is 5.14. The summed E-state index contributed by atoms with van der Waals surface area (Å²) >= 11 is 1.48. The minimum atomic E-state index is -0.0139. The Labute approximate surface area is 152 Å². The Hall–Kier alpha value is -1.69. The summed E-state index contributed by atoms with van der Waals surface area (Å²) in [6.45, 7) is 1.29. The van der Waals surface area contributed by atoms with E-state index in [9.17, 15) is 9.90 Å². The van der Waals surface area contributed by atoms with Gasteiger partial charge in [0.25, 0.3) is 0 Å². The van der Waals surface area contributed by atoms with E-state index in [4.69, 9.17) is 5.73 Å². The van der Waals surface area contributed by atoms with E-state index < -0.39 is 0 Å². The molecule has 0 aliphatic carbocycles. The number of aromatic hydroxyl groups is 1. The lowest BCUT2D eigenvalue weighted by Crippen LogP contribution is -2.33. The third-order valence-electron chi connectivity index (χ3n) is 4.14. The Kier molecular flexibility index (Phi) is 6.54. The first kappa shape index (κ1) is 18.6. The van der Waals surface area contributed by atoms with Crippen LogP contribution >= 0.6 is 24.2 Å². The molecule has 0 saturated carbocycles. The molecule has 2 aromatic carbocycles. The molecule has 0 bridgehead atoms. The molecule has 3 N–H and O–H groups in total. The van der Waals surface area contributed by atoms with Gasteiger partial charge in [-0.05, 0) is 29.8 Å². The average molecular weight is 365 g/mol. The average Bonchev–Trinajstić information content (AvgIpc) is 2.97. The summed E-state index contributed by atoms with van der Waals surface area (Å²) in [5.41, 5.74) is 7.43. The van der Waals surface area contributed by atoms with Gasteiger partial charge < -0.3 is 15.7 Å². The van der Waals surface area contributed by atoms with Gasteiger partial charge in [0.15, 0.2) is 0 Å². The normalized spacial score (nSPS) is 19.8. The van der Waals surface area contributed by atoms with Crippen molar-refractivity contribution in [1.82, 2.24) is 4.90 Å². The molecule has 0 spiro atoms. The maximum atomic E-state index is 12.4. The van der Waals surface area contributed by atoms with Crippen LogP contribution in [0.5, 0.6) is 5.75 Å². The summed E-state index contributed by atoms with van der Waals surface area (Å²) < 4.78 is 0. The highest BCUT2D eigenvalue weighted by Crippen LogP contribution is 2.28. The maximum Gasteiger partial charge on any atom is 0.233 e. The van der Waals surface area contributed by atoms with Gasteiger partial charge in [-0.1, -0.05) is 30.3 Å². The van der Waals surface area contributed by atoms with Crippen molar-refractivity contribution in [2.75, 3.05) is 18.8 Å². The molecule has 2 atom stereocenters. The number of phenols is 1. The SMILES string of the molecule is Cl.N[C@@H]1CN(C(=O)CSc2ccc(O)cc2)C[C@H]1c1ccccc1. The number of hydrogen-bond acceptors (Lipinski definition) is 4. The van der Waals surface area contributed by atoms with Crippen LogP contribution in [0.25, 0.3) is 0 Å². The van der Waals surface area contributed by atoms with Gasteiger partial charge in [0.05, 0.1) is 5.75 Å². The lowest BCUT2D eigenvalue weighted by molar-refractivity contribution is -0.127. The summed E-state index contributed by atoms with van der Waals surface area (Å²) in [6, 6.07) is 17.0. The van der Waals surface area contributed by atoms with Crippen LogP contribution in [-0.4, -0.2) is 40.8 Å². The van der Waals surface area contributed by atoms with Crippen LogP contribution in [0.15, 0.2) is 59.5 Å². The van der Waals surface area contributed by atoms with E-state index >= 15 is 0 Å². The van der Waals surface area contributed by atoms with Crippen LogP contribution < -0.4 is 5.73 Å². The molecule has 1 aliphatic rings. The number of hydrogen-bond donors (Lipinski definition) is 2. The molecule has 24 heavy (non-hydrogen) atoms. The van der Waals surface area contributed by atoms with Crippen molar-refractivity contribution in [3.05, 3.63) is 60.2 Å². The van der Waals surface area contributed by atoms with Gasteiger partial charge in [-0.3, -0.25) is 4.79 Å². The Balaban J connectivity index is 0.00000208. The van der Waals surface area contributed by atoms with Crippen LogP contribution in [-0.2, 0) is 4.79 Å². The molecule has 0 aromatic heterocycles. The Morgan fingerprint density at radius 2 is 1.79 bits per heavy atom. The van der Waals surface area contributed by atoms with Crippen LogP contribution in [0.1, 0.15) is 11.5 Å². The first-order valence-electron chi connectivity index (χ1n) is 7.63. The first-order valence-corrected chi connectivity index (χ1v) is 8.62. The van der Waals surface area contributed by atoms with Crippen molar-refractivity contribution in [3.63, 3.8) is 0 Å². The predicted octanol–water partition coefficient (Wildman–Crippen LogP) is 2.86. The summed E-state index contributed by atoms with van der Waals surface area (Å²) in [6.07, 6.45) is 0. The van der Waals surface area contributed by atoms with Crippen LogP contribution in [0.3, 0.4) is 0 Å². The molecule has 1 amide bonds. The van der Waals surface area contributed by atoms with Gasteiger partial charge in [0.1, 0.15) is 5.75 Å². The fourth-order valence-electron chi connectivity index (χ4n) is 2.86. The second-order valence-electron chi connectivity index (χ2n) is 5.76. The second-order valence-corrected chi connectivity index (χ2v) is 6.81. The van der Waals surface area contributed by atoms with Gasteiger partial charge in [-0.25, -0.2) is 0 Å². The molecule has 1 heterocycles. The monoisotopic (exact) mass is 364 g/mol. The summed E-state index contributed by atoms with van der Waals surface area (Å²) in [5.74, 6) is 0.937. The quantitative estimate of drug-likeness (QED) is 0.819. The maximum absolute atomic E-state index is 12.4. The number of carbonyl (C=O) groups is 1. The van der Waals surface area contributed by atoms with E-state index in [2.05, 4.69) is 12.1 Å². The largest absolute Gasteiger partial charge is 0.508 e. The lowest BCUT2D eigenvalue weighted by Gasteiger charge is -2.16. The molecule has 2 aromatic rings. The summed E-state index contributed by atoms with van der Waals surface area (Å²) in [7, 11) is 0. The molecular formula is C18H21ClN2O2S. The zero-order chi connectivity index (χ0) is 16.2. The van der Waals surface area contributed by atoms with E-state index in [1.54, 1.807) is 12.1 Å². The van der Waals surface area contributed by atoms with Gasteiger partial charge in [-0.2, -0.15) is 0 Å². The highest BCUT2D eigenvalue weighted by atomic mass is 35.5. The second kappa shape index (κ2) is 8.42. The highest BCUT2D eigenvalue weighted by Gasteiger charge is 2.33. The number of phenolic OH excluding ortho intramolecular Hbond substituents is 1. The van der Waals surface area contributed by atoms with Crippen molar-refractivity contribution >= 4 is 30.1 Å². The standard InChI is InChI=1S/C18H20N2O2S.ClH/c19-17-11-20(10-16(17)13-4-2-1-3-5-13)18(22)12-23-15-8-6-14(21)7-9-15;/h1-9,16-17,21H,10-12,19H2;1H/t16-,17+;/m0./s1. The number of amides is 1. The molecule has 1 fully saturated rings. The molecule has 128 valence electrons. The minimum absolute atomic E-state index is 0. The van der Waals surface area contributed by atoms with Crippen LogP contribution in [0.4, 0.5) is 0 Å². The topological polar surface area (TPSA) is 66.6 Å². The fourth-order valence-corrected chi connectivity index (χ4v) is 3.67. The first-order chi connectivity index (χ1) is 11.1. The van der Waals surface area contributed by atoms with Gasteiger partial charge >= 0.3 is 0 Å². The van der Waals surface area contributed by atoms with Gasteiger partial charge in [0.2, 0.25) is 5.91 Å². The van der Waals surface area contributed by atoms with Crippen LogP contribution in [0.2, 0.25) is 0 Å². The van der Waals surface area contributed by atoms with Crippen molar-refractivity contribution in [2.45, 2.75) is 16.9 Å². The summed E-state index contributed by atoms with van der Waals surface area (Å²) in [4.78, 5) is 15.2. The van der Waals surface area contributed by atoms with Crippen molar-refractivity contribution in [3.8, 4) is 5.75 Å². The molecule has 3 rings (SSSR count). The van der Waals surface area contributed by atoms with Crippen molar-refractivity contribution in [1.29, 1.82) is 0 Å². The number of nitrogens with two attached hydrogens (primary N) is 1. The van der Waals surface area contributed by atoms with Crippen molar-refractivity contribution in [2.24, 2.45) is 5.73 Å². The van der Waals surface area contributed by atoms with Gasteiger partial charge in [0, 0.05) is 29.9 Å². The zero-order valence-corrected chi connectivity index (χ0v) is 14.8. The molecule has 4 nitrogen and oxygen atoms in total. The molecule has 1 aliphatic heterocycles.